The van der Waals surface area contributed by atoms with Gasteiger partial charge in [0.1, 0.15) is 12.4 Å². The van der Waals surface area contributed by atoms with Gasteiger partial charge in [-0.1, -0.05) is 6.07 Å². The molecule has 1 amide bonds. The zero-order valence-corrected chi connectivity index (χ0v) is 13.7. The second-order valence-corrected chi connectivity index (χ2v) is 5.56. The van der Waals surface area contributed by atoms with E-state index in [0.717, 1.165) is 5.39 Å². The number of alkyl carbamates (subject to hydrolysis) is 1. The van der Waals surface area contributed by atoms with Gasteiger partial charge in [-0.15, -0.1) is 0 Å². The maximum atomic E-state index is 14.8. The lowest BCUT2D eigenvalue weighted by atomic mass is 9.93. The van der Waals surface area contributed by atoms with Crippen LogP contribution in [0.25, 0.3) is 22.0 Å². The minimum absolute atomic E-state index is 0.0381. The minimum Gasteiger partial charge on any atom is -0.445 e. The molecule has 25 heavy (non-hydrogen) atoms. The molecule has 0 unspecified atom stereocenters. The molecule has 0 aliphatic rings. The summed E-state index contributed by atoms with van der Waals surface area (Å²) in [5.74, 6) is -0.477. The van der Waals surface area contributed by atoms with Gasteiger partial charge in [-0.2, -0.15) is 10.4 Å². The molecular formula is C18H15FN4O2. The van der Waals surface area contributed by atoms with Crippen molar-refractivity contribution in [3.63, 3.8) is 0 Å². The first-order valence-corrected chi connectivity index (χ1v) is 7.54. The van der Waals surface area contributed by atoms with Gasteiger partial charge < -0.3 is 10.1 Å². The molecular weight excluding hydrogens is 323 g/mol. The highest BCUT2D eigenvalue weighted by Crippen LogP contribution is 2.33. The number of carbonyl (C=O) groups excluding carboxylic acids is 1. The van der Waals surface area contributed by atoms with Crippen LogP contribution in [0.1, 0.15) is 16.7 Å². The van der Waals surface area contributed by atoms with Crippen molar-refractivity contribution in [2.75, 3.05) is 7.05 Å². The quantitative estimate of drug-likeness (QED) is 0.766. The topological polar surface area (TPSA) is 90.8 Å². The highest BCUT2D eigenvalue weighted by Gasteiger charge is 2.16. The van der Waals surface area contributed by atoms with Crippen molar-refractivity contribution < 1.29 is 13.9 Å². The Morgan fingerprint density at radius 2 is 2.20 bits per heavy atom. The summed E-state index contributed by atoms with van der Waals surface area (Å²) in [6.07, 6.45) is 1.04. The molecule has 0 aliphatic carbocycles. The summed E-state index contributed by atoms with van der Waals surface area (Å²) in [7, 11) is 1.45. The van der Waals surface area contributed by atoms with Crippen molar-refractivity contribution in [1.29, 1.82) is 5.26 Å². The van der Waals surface area contributed by atoms with E-state index >= 15 is 0 Å². The molecule has 3 rings (SSSR count). The molecule has 3 aromatic rings. The number of aromatic amines is 1. The molecule has 1 heterocycles. The predicted molar refractivity (Wildman–Crippen MR) is 90.2 cm³/mol. The second-order valence-electron chi connectivity index (χ2n) is 5.56. The van der Waals surface area contributed by atoms with Crippen molar-refractivity contribution >= 4 is 17.0 Å². The summed E-state index contributed by atoms with van der Waals surface area (Å²) in [5, 5.41) is 19.3. The minimum atomic E-state index is -0.584. The summed E-state index contributed by atoms with van der Waals surface area (Å²) >= 11 is 0. The van der Waals surface area contributed by atoms with Gasteiger partial charge in [-0.05, 0) is 36.2 Å². The lowest BCUT2D eigenvalue weighted by molar-refractivity contribution is 0.142. The summed E-state index contributed by atoms with van der Waals surface area (Å²) in [4.78, 5) is 11.2. The lowest BCUT2D eigenvalue weighted by Gasteiger charge is -2.12. The van der Waals surface area contributed by atoms with E-state index in [2.05, 4.69) is 21.6 Å². The van der Waals surface area contributed by atoms with Gasteiger partial charge in [-0.25, -0.2) is 9.18 Å². The van der Waals surface area contributed by atoms with Crippen LogP contribution in [0.5, 0.6) is 0 Å². The Kier molecular flexibility index (Phi) is 4.35. The summed E-state index contributed by atoms with van der Waals surface area (Å²) < 4.78 is 19.7. The SMILES string of the molecule is CNC(=O)OCc1cc(C)c(-c2cc3cn[nH]c3cc2C#N)c(F)c1. The fourth-order valence-corrected chi connectivity index (χ4v) is 2.75. The van der Waals surface area contributed by atoms with Crippen LogP contribution in [0.15, 0.2) is 30.5 Å². The third-order valence-corrected chi connectivity index (χ3v) is 3.89. The van der Waals surface area contributed by atoms with E-state index in [0.29, 0.717) is 33.3 Å². The lowest BCUT2D eigenvalue weighted by Crippen LogP contribution is -2.18. The Morgan fingerprint density at radius 1 is 1.40 bits per heavy atom. The number of nitrogens with zero attached hydrogens (tertiary/aromatic N) is 2. The summed E-state index contributed by atoms with van der Waals surface area (Å²) in [5.41, 5.74) is 3.11. The van der Waals surface area contributed by atoms with Gasteiger partial charge in [0.15, 0.2) is 0 Å². The molecule has 0 saturated heterocycles. The maximum absolute atomic E-state index is 14.8. The number of amides is 1. The van der Waals surface area contributed by atoms with Crippen LogP contribution in [0.4, 0.5) is 9.18 Å². The van der Waals surface area contributed by atoms with Crippen LogP contribution >= 0.6 is 0 Å². The van der Waals surface area contributed by atoms with Crippen molar-refractivity contribution in [1.82, 2.24) is 15.5 Å². The van der Waals surface area contributed by atoms with Gasteiger partial charge >= 0.3 is 6.09 Å². The molecule has 0 bridgehead atoms. The fraction of sp³-hybridized carbons (Fsp3) is 0.167. The molecule has 0 aliphatic heterocycles. The molecule has 6 nitrogen and oxygen atoms in total. The molecule has 0 fully saturated rings. The number of hydrogen-bond donors (Lipinski definition) is 2. The average molecular weight is 338 g/mol. The predicted octanol–water partition coefficient (Wildman–Crippen LogP) is 3.41. The number of fused-ring (bicyclic) bond motifs is 1. The number of nitriles is 1. The molecule has 7 heteroatoms. The Labute approximate surface area is 143 Å². The fourth-order valence-electron chi connectivity index (χ4n) is 2.75. The van der Waals surface area contributed by atoms with Crippen LogP contribution in [0.2, 0.25) is 0 Å². The van der Waals surface area contributed by atoms with E-state index in [1.807, 2.05) is 0 Å². The third kappa shape index (κ3) is 3.15. The molecule has 2 N–H and O–H groups in total. The van der Waals surface area contributed by atoms with Gasteiger partial charge in [0.25, 0.3) is 0 Å². The number of aromatic nitrogens is 2. The number of carbonyl (C=O) groups is 1. The number of halogens is 1. The van der Waals surface area contributed by atoms with E-state index in [1.165, 1.54) is 13.1 Å². The van der Waals surface area contributed by atoms with Crippen LogP contribution in [0, 0.1) is 24.1 Å². The second kappa shape index (κ2) is 6.61. The van der Waals surface area contributed by atoms with E-state index in [4.69, 9.17) is 4.74 Å². The van der Waals surface area contributed by atoms with Gasteiger partial charge in [-0.3, -0.25) is 5.10 Å². The van der Waals surface area contributed by atoms with Crippen molar-refractivity contribution in [2.24, 2.45) is 0 Å². The van der Waals surface area contributed by atoms with Gasteiger partial charge in [0, 0.05) is 23.6 Å². The smallest absolute Gasteiger partial charge is 0.407 e. The van der Waals surface area contributed by atoms with Crippen molar-refractivity contribution in [3.8, 4) is 17.2 Å². The molecule has 0 atom stereocenters. The van der Waals surface area contributed by atoms with E-state index < -0.39 is 11.9 Å². The van der Waals surface area contributed by atoms with Gasteiger partial charge in [0.2, 0.25) is 0 Å². The normalized spacial score (nSPS) is 10.5. The van der Waals surface area contributed by atoms with E-state index in [-0.39, 0.29) is 6.61 Å². The Hall–Kier alpha value is -3.40. The Bertz CT molecular complexity index is 981. The first kappa shape index (κ1) is 16.5. The average Bonchev–Trinajstić information content (AvgIpc) is 3.05. The van der Waals surface area contributed by atoms with E-state index in [9.17, 15) is 14.4 Å². The number of rotatable bonds is 3. The Morgan fingerprint density at radius 3 is 2.88 bits per heavy atom. The first-order valence-electron chi connectivity index (χ1n) is 7.54. The third-order valence-electron chi connectivity index (χ3n) is 3.89. The molecule has 0 spiro atoms. The molecule has 126 valence electrons. The van der Waals surface area contributed by atoms with E-state index in [1.54, 1.807) is 31.3 Å². The standard InChI is InChI=1S/C18H15FN4O2/c1-10-3-11(9-25-18(24)21-2)4-15(19)17(10)14-5-13-8-22-23-16(13)6-12(14)7-20/h3-6,8H,9H2,1-2H3,(H,21,24)(H,22,23). The van der Waals surface area contributed by atoms with Crippen molar-refractivity contribution in [3.05, 3.63) is 53.0 Å². The Balaban J connectivity index is 2.06. The number of aryl methyl sites for hydroxylation is 1. The highest BCUT2D eigenvalue weighted by atomic mass is 19.1. The van der Waals surface area contributed by atoms with Crippen molar-refractivity contribution in [2.45, 2.75) is 13.5 Å². The molecule has 2 aromatic carbocycles. The molecule has 0 radical (unpaired) electrons. The number of nitrogens with one attached hydrogen (secondary N) is 2. The molecule has 0 saturated carbocycles. The van der Waals surface area contributed by atoms with Crippen LogP contribution < -0.4 is 5.32 Å². The zero-order valence-electron chi connectivity index (χ0n) is 13.7. The maximum Gasteiger partial charge on any atom is 0.407 e. The number of benzene rings is 2. The molecule has 1 aromatic heterocycles. The summed E-state index contributed by atoms with van der Waals surface area (Å²) in [6.45, 7) is 1.71. The van der Waals surface area contributed by atoms with Crippen LogP contribution in [-0.2, 0) is 11.3 Å². The highest BCUT2D eigenvalue weighted by molar-refractivity contribution is 5.88. The summed E-state index contributed by atoms with van der Waals surface area (Å²) in [6, 6.07) is 8.54. The van der Waals surface area contributed by atoms with Gasteiger partial charge in [0.05, 0.1) is 23.3 Å². The zero-order chi connectivity index (χ0) is 18.0. The monoisotopic (exact) mass is 338 g/mol. The first-order chi connectivity index (χ1) is 12.0. The van der Waals surface area contributed by atoms with Crippen LogP contribution in [-0.4, -0.2) is 23.3 Å². The number of hydrogen-bond acceptors (Lipinski definition) is 4. The number of ether oxygens (including phenoxy) is 1. The largest absolute Gasteiger partial charge is 0.445 e. The van der Waals surface area contributed by atoms with Crippen LogP contribution in [0.3, 0.4) is 0 Å². The number of H-pyrrole nitrogens is 1.